The van der Waals surface area contributed by atoms with Crippen molar-refractivity contribution >= 4 is 16.9 Å². The van der Waals surface area contributed by atoms with Gasteiger partial charge in [0.15, 0.2) is 11.0 Å². The van der Waals surface area contributed by atoms with Gasteiger partial charge in [0.05, 0.1) is 18.0 Å². The molecule has 1 saturated carbocycles. The van der Waals surface area contributed by atoms with Gasteiger partial charge in [-0.05, 0) is 43.0 Å². The van der Waals surface area contributed by atoms with E-state index in [0.29, 0.717) is 0 Å². The van der Waals surface area contributed by atoms with Gasteiger partial charge in [-0.15, -0.1) is 0 Å². The lowest BCUT2D eigenvalue weighted by atomic mass is 9.91. The van der Waals surface area contributed by atoms with E-state index < -0.39 is 11.0 Å². The highest BCUT2D eigenvalue weighted by molar-refractivity contribution is 7.83. The van der Waals surface area contributed by atoms with E-state index in [4.69, 9.17) is 4.99 Å². The molecule has 32 heavy (non-hydrogen) atoms. The van der Waals surface area contributed by atoms with E-state index in [2.05, 4.69) is 53.1 Å². The highest BCUT2D eigenvalue weighted by Gasteiger charge is 2.33. The average Bonchev–Trinajstić information content (AvgIpc) is 3.30. The fourth-order valence-electron chi connectivity index (χ4n) is 4.51. The summed E-state index contributed by atoms with van der Waals surface area (Å²) in [5.41, 5.74) is 3.59. The number of guanidine groups is 1. The minimum atomic E-state index is -1.22. The molecule has 2 heterocycles. The third-order valence-corrected chi connectivity index (χ3v) is 8.03. The Morgan fingerprint density at radius 1 is 0.844 bits per heavy atom. The molecule has 1 saturated heterocycles. The highest BCUT2D eigenvalue weighted by atomic mass is 32.2. The Labute approximate surface area is 195 Å². The van der Waals surface area contributed by atoms with E-state index in [9.17, 15) is 4.21 Å². The summed E-state index contributed by atoms with van der Waals surface area (Å²) in [5, 5.41) is 0. The van der Waals surface area contributed by atoms with Crippen LogP contribution >= 0.6 is 0 Å². The van der Waals surface area contributed by atoms with Crippen LogP contribution in [0.4, 0.5) is 0 Å². The van der Waals surface area contributed by atoms with Crippen molar-refractivity contribution in [2.45, 2.75) is 51.0 Å². The third-order valence-electron chi connectivity index (χ3n) is 6.61. The molecule has 0 bridgehead atoms. The number of benzene rings is 2. The molecule has 0 N–H and O–H groups in total. The maximum Gasteiger partial charge on any atom is 0.209 e. The Balaban J connectivity index is 0.00000119. The molecule has 0 spiro atoms. The number of aryl methyl sites for hydroxylation is 1. The molecule has 2 aliphatic heterocycles. The number of aliphatic imine (C=N–C) groups is 1. The zero-order valence-electron chi connectivity index (χ0n) is 19.7. The molecule has 6 heteroatoms. The van der Waals surface area contributed by atoms with Crippen molar-refractivity contribution < 1.29 is 4.21 Å². The van der Waals surface area contributed by atoms with Crippen molar-refractivity contribution in [1.82, 2.24) is 14.1 Å². The molecule has 1 unspecified atom stereocenters. The van der Waals surface area contributed by atoms with Crippen molar-refractivity contribution in [2.24, 2.45) is 4.99 Å². The molecule has 5 rings (SSSR count). The molecule has 5 nitrogen and oxygen atoms in total. The van der Waals surface area contributed by atoms with Gasteiger partial charge in [-0.2, -0.15) is 0 Å². The Hall–Kier alpha value is -2.18. The van der Waals surface area contributed by atoms with Crippen LogP contribution in [0.1, 0.15) is 38.7 Å². The van der Waals surface area contributed by atoms with E-state index in [1.807, 2.05) is 30.3 Å². The number of hydrogen-bond donors (Lipinski definition) is 0. The van der Waals surface area contributed by atoms with Crippen LogP contribution in [-0.4, -0.2) is 69.6 Å². The largest absolute Gasteiger partial charge is 0.339 e. The van der Waals surface area contributed by atoms with Crippen molar-refractivity contribution in [2.75, 3.05) is 39.3 Å². The van der Waals surface area contributed by atoms with Crippen LogP contribution in [-0.2, 0) is 11.0 Å². The molecule has 0 radical (unpaired) electrons. The number of hydrogen-bond acceptors (Lipinski definition) is 4. The van der Waals surface area contributed by atoms with E-state index in [0.717, 1.165) is 61.7 Å². The standard InChI is InChI=1S/C24H30N4OS.C2H6/c1-19-5-7-20(8-6-19)21-9-11-23(12-10-21)30(29)28-14-13-25-24(28)27-17-15-26(16-18-27)22-3-2-4-22;1-2/h5-12,22H,2-4,13-18H2,1H3;1-2H3. The summed E-state index contributed by atoms with van der Waals surface area (Å²) in [4.78, 5) is 10.5. The normalized spacial score (nSPS) is 20.3. The highest BCUT2D eigenvalue weighted by Crippen LogP contribution is 2.27. The summed E-state index contributed by atoms with van der Waals surface area (Å²) >= 11 is 0. The Morgan fingerprint density at radius 2 is 1.44 bits per heavy atom. The third kappa shape index (κ3) is 4.91. The lowest BCUT2D eigenvalue weighted by Gasteiger charge is -2.44. The summed E-state index contributed by atoms with van der Waals surface area (Å²) in [7, 11) is -1.22. The van der Waals surface area contributed by atoms with Crippen LogP contribution in [0.2, 0.25) is 0 Å². The van der Waals surface area contributed by atoms with Gasteiger partial charge < -0.3 is 4.90 Å². The van der Waals surface area contributed by atoms with Crippen molar-refractivity contribution in [3.63, 3.8) is 0 Å². The van der Waals surface area contributed by atoms with Gasteiger partial charge in [0.1, 0.15) is 0 Å². The number of rotatable bonds is 4. The van der Waals surface area contributed by atoms with Gasteiger partial charge in [0.2, 0.25) is 5.96 Å². The predicted octanol–water partition coefficient (Wildman–Crippen LogP) is 4.55. The van der Waals surface area contributed by atoms with Crippen LogP contribution in [0.25, 0.3) is 11.1 Å². The molecule has 2 aromatic carbocycles. The van der Waals surface area contributed by atoms with Crippen molar-refractivity contribution in [3.05, 3.63) is 54.1 Å². The fraction of sp³-hybridized carbons (Fsp3) is 0.500. The quantitative estimate of drug-likeness (QED) is 0.683. The van der Waals surface area contributed by atoms with E-state index >= 15 is 0 Å². The first kappa shape index (κ1) is 23.0. The van der Waals surface area contributed by atoms with Gasteiger partial charge >= 0.3 is 0 Å². The topological polar surface area (TPSA) is 39.2 Å². The number of piperazine rings is 1. The SMILES string of the molecule is CC.Cc1ccc(-c2ccc(S(=O)N3CCN=C3N3CCN(C4CCC4)CC3)cc2)cc1. The maximum absolute atomic E-state index is 13.3. The average molecular weight is 453 g/mol. The van der Waals surface area contributed by atoms with Crippen LogP contribution in [0.3, 0.4) is 0 Å². The van der Waals surface area contributed by atoms with E-state index in [1.165, 1.54) is 30.4 Å². The van der Waals surface area contributed by atoms with Crippen molar-refractivity contribution in [3.8, 4) is 11.1 Å². The second-order valence-corrected chi connectivity index (χ2v) is 9.94. The van der Waals surface area contributed by atoms with Crippen molar-refractivity contribution in [1.29, 1.82) is 0 Å². The number of nitrogens with zero attached hydrogens (tertiary/aromatic N) is 4. The molecule has 3 aliphatic rings. The maximum atomic E-state index is 13.3. The summed E-state index contributed by atoms with van der Waals surface area (Å²) in [6.07, 6.45) is 4.10. The van der Waals surface area contributed by atoms with Gasteiger partial charge in [0, 0.05) is 32.2 Å². The Morgan fingerprint density at radius 3 is 2.00 bits per heavy atom. The molecule has 0 aromatic heterocycles. The Kier molecular flexibility index (Phi) is 7.63. The summed E-state index contributed by atoms with van der Waals surface area (Å²) in [6.45, 7) is 11.7. The van der Waals surface area contributed by atoms with Crippen LogP contribution < -0.4 is 0 Å². The van der Waals surface area contributed by atoms with Crippen LogP contribution in [0.15, 0.2) is 58.4 Å². The summed E-state index contributed by atoms with van der Waals surface area (Å²) in [6, 6.07) is 17.5. The summed E-state index contributed by atoms with van der Waals surface area (Å²) in [5.74, 6) is 0.921. The van der Waals surface area contributed by atoms with Gasteiger partial charge in [-0.25, -0.2) is 4.21 Å². The minimum absolute atomic E-state index is 0.727. The first-order valence-corrected chi connectivity index (χ1v) is 13.2. The minimum Gasteiger partial charge on any atom is -0.339 e. The predicted molar refractivity (Wildman–Crippen MR) is 134 cm³/mol. The molecule has 1 atom stereocenters. The molecule has 1 aliphatic carbocycles. The Bertz CT molecular complexity index is 929. The monoisotopic (exact) mass is 452 g/mol. The summed E-state index contributed by atoms with van der Waals surface area (Å²) < 4.78 is 15.3. The smallest absolute Gasteiger partial charge is 0.209 e. The molecular weight excluding hydrogens is 416 g/mol. The van der Waals surface area contributed by atoms with Gasteiger partial charge in [-0.1, -0.05) is 62.2 Å². The lowest BCUT2D eigenvalue weighted by molar-refractivity contribution is 0.0834. The van der Waals surface area contributed by atoms with E-state index in [-0.39, 0.29) is 0 Å². The molecular formula is C26H36N4OS. The zero-order valence-corrected chi connectivity index (χ0v) is 20.5. The molecule has 2 fully saturated rings. The lowest BCUT2D eigenvalue weighted by Crippen LogP contribution is -2.55. The van der Waals surface area contributed by atoms with Crippen LogP contribution in [0, 0.1) is 6.92 Å². The second kappa shape index (κ2) is 10.6. The first-order valence-electron chi connectivity index (χ1n) is 12.1. The zero-order chi connectivity index (χ0) is 22.5. The van der Waals surface area contributed by atoms with Gasteiger partial charge in [0.25, 0.3) is 0 Å². The molecule has 0 amide bonds. The van der Waals surface area contributed by atoms with E-state index in [1.54, 1.807) is 0 Å². The second-order valence-electron chi connectivity index (χ2n) is 8.53. The van der Waals surface area contributed by atoms with Crippen LogP contribution in [0.5, 0.6) is 0 Å². The van der Waals surface area contributed by atoms with Gasteiger partial charge in [-0.3, -0.25) is 14.2 Å². The molecule has 2 aromatic rings. The fourth-order valence-corrected chi connectivity index (χ4v) is 5.70. The first-order chi connectivity index (χ1) is 15.7. The molecule has 172 valence electrons.